The Kier molecular flexibility index (Phi) is 3.58. The molecule has 0 fully saturated rings. The molecule has 0 bridgehead atoms. The van der Waals surface area contributed by atoms with Gasteiger partial charge in [0.15, 0.2) is 0 Å². The van der Waals surface area contributed by atoms with Crippen LogP contribution in [0.2, 0.25) is 0 Å². The number of carbonyl (C=O) groups excluding carboxylic acids is 1. The number of anilines is 1. The molecule has 0 spiro atoms. The fraction of sp³-hybridized carbons (Fsp3) is 0.0714. The lowest BCUT2D eigenvalue weighted by molar-refractivity contribution is 0.103. The molecular weight excluding hydrogens is 290 g/mol. The van der Waals surface area contributed by atoms with Crippen LogP contribution in [-0.2, 0) is 0 Å². The summed E-state index contributed by atoms with van der Waals surface area (Å²) in [4.78, 5) is 13.0. The van der Waals surface area contributed by atoms with E-state index in [0.717, 1.165) is 16.1 Å². The molecule has 0 unspecified atom stereocenters. The van der Waals surface area contributed by atoms with Crippen LogP contribution in [0.1, 0.15) is 14.7 Å². The maximum Gasteiger partial charge on any atom is 0.268 e. The predicted molar refractivity (Wildman–Crippen MR) is 82.4 cm³/mol. The van der Waals surface area contributed by atoms with Crippen molar-refractivity contribution >= 4 is 33.7 Å². The smallest absolute Gasteiger partial charge is 0.268 e. The zero-order chi connectivity index (χ0) is 13.9. The largest absolute Gasteiger partial charge is 0.296 e. The van der Waals surface area contributed by atoms with Crippen LogP contribution in [0.15, 0.2) is 41.8 Å². The molecule has 0 aliphatic rings. The lowest BCUT2D eigenvalue weighted by atomic mass is 10.1. The third-order valence-corrected chi connectivity index (χ3v) is 4.37. The minimum absolute atomic E-state index is 0.144. The summed E-state index contributed by atoms with van der Waals surface area (Å²) in [6.07, 6.45) is 0. The summed E-state index contributed by atoms with van der Waals surface area (Å²) in [6.45, 7) is 1.86. The third kappa shape index (κ3) is 2.61. The number of aryl methyl sites for hydroxylation is 1. The van der Waals surface area contributed by atoms with Gasteiger partial charge >= 0.3 is 0 Å². The molecule has 100 valence electrons. The maximum atomic E-state index is 12.3. The van der Waals surface area contributed by atoms with Gasteiger partial charge in [-0.1, -0.05) is 41.7 Å². The van der Waals surface area contributed by atoms with Crippen molar-refractivity contribution < 1.29 is 4.79 Å². The van der Waals surface area contributed by atoms with Crippen molar-refractivity contribution in [3.8, 4) is 11.1 Å². The topological polar surface area (TPSA) is 54.9 Å². The Labute approximate surface area is 124 Å². The molecule has 0 saturated carbocycles. The van der Waals surface area contributed by atoms with Crippen molar-refractivity contribution in [2.45, 2.75) is 6.92 Å². The van der Waals surface area contributed by atoms with Gasteiger partial charge in [0.05, 0.1) is 0 Å². The molecule has 0 saturated heterocycles. The first-order chi connectivity index (χ1) is 9.74. The van der Waals surface area contributed by atoms with Gasteiger partial charge in [-0.05, 0) is 23.9 Å². The lowest BCUT2D eigenvalue weighted by Gasteiger charge is -2.03. The van der Waals surface area contributed by atoms with Crippen molar-refractivity contribution in [3.63, 3.8) is 0 Å². The highest BCUT2D eigenvalue weighted by molar-refractivity contribution is 7.15. The second-order valence-corrected chi connectivity index (χ2v) is 6.21. The van der Waals surface area contributed by atoms with Crippen molar-refractivity contribution in [2.24, 2.45) is 0 Å². The van der Waals surface area contributed by atoms with E-state index in [1.165, 1.54) is 22.7 Å². The van der Waals surface area contributed by atoms with Crippen molar-refractivity contribution in [1.29, 1.82) is 0 Å². The van der Waals surface area contributed by atoms with Gasteiger partial charge in [-0.25, -0.2) is 0 Å². The van der Waals surface area contributed by atoms with E-state index < -0.39 is 0 Å². The number of hydrogen-bond acceptors (Lipinski definition) is 5. The maximum absolute atomic E-state index is 12.3. The Hall–Kier alpha value is -2.05. The van der Waals surface area contributed by atoms with Gasteiger partial charge in [0.2, 0.25) is 5.13 Å². The molecule has 0 radical (unpaired) electrons. The molecule has 0 atom stereocenters. The fourth-order valence-electron chi connectivity index (χ4n) is 1.83. The van der Waals surface area contributed by atoms with Gasteiger partial charge in [0.25, 0.3) is 5.91 Å². The van der Waals surface area contributed by atoms with Crippen molar-refractivity contribution in [3.05, 3.63) is 51.7 Å². The van der Waals surface area contributed by atoms with Crippen LogP contribution in [0.25, 0.3) is 11.1 Å². The Morgan fingerprint density at radius 3 is 2.65 bits per heavy atom. The molecule has 1 amide bonds. The highest BCUT2D eigenvalue weighted by Gasteiger charge is 2.16. The van der Waals surface area contributed by atoms with Gasteiger partial charge in [-0.3, -0.25) is 10.1 Å². The first-order valence-corrected chi connectivity index (χ1v) is 7.68. The number of rotatable bonds is 3. The first-order valence-electron chi connectivity index (χ1n) is 5.98. The molecule has 2 heterocycles. The Balaban J connectivity index is 1.88. The van der Waals surface area contributed by atoms with E-state index in [4.69, 9.17) is 0 Å². The summed E-state index contributed by atoms with van der Waals surface area (Å²) in [7, 11) is 0. The fourth-order valence-corrected chi connectivity index (χ4v) is 3.23. The predicted octanol–water partition coefficient (Wildman–Crippen LogP) is 3.83. The van der Waals surface area contributed by atoms with E-state index in [-0.39, 0.29) is 5.91 Å². The average molecular weight is 301 g/mol. The number of hydrogen-bond donors (Lipinski definition) is 1. The van der Waals surface area contributed by atoms with Crippen molar-refractivity contribution in [1.82, 2.24) is 10.2 Å². The molecule has 3 rings (SSSR count). The van der Waals surface area contributed by atoms with Crippen LogP contribution in [0, 0.1) is 6.92 Å². The normalized spacial score (nSPS) is 10.4. The zero-order valence-corrected chi connectivity index (χ0v) is 12.3. The molecule has 1 aromatic carbocycles. The molecule has 1 N–H and O–H groups in total. The van der Waals surface area contributed by atoms with Gasteiger partial charge in [0.1, 0.15) is 9.88 Å². The number of thiophene rings is 1. The SMILES string of the molecule is Cc1nnc(NC(=O)c2sccc2-c2ccccc2)s1. The first kappa shape index (κ1) is 13.0. The third-order valence-electron chi connectivity index (χ3n) is 2.70. The number of nitrogens with zero attached hydrogens (tertiary/aromatic N) is 2. The summed E-state index contributed by atoms with van der Waals surface area (Å²) in [5, 5.41) is 13.9. The standard InChI is InChI=1S/C14H11N3OS2/c1-9-16-17-14(20-9)15-13(18)12-11(7-8-19-12)10-5-3-2-4-6-10/h2-8H,1H3,(H,15,17,18). The number of carbonyl (C=O) groups is 1. The molecule has 0 aliphatic carbocycles. The Morgan fingerprint density at radius 1 is 1.15 bits per heavy atom. The summed E-state index contributed by atoms with van der Waals surface area (Å²) in [6, 6.07) is 11.8. The van der Waals surface area contributed by atoms with Gasteiger partial charge < -0.3 is 0 Å². The minimum Gasteiger partial charge on any atom is -0.296 e. The number of amides is 1. The second-order valence-electron chi connectivity index (χ2n) is 4.11. The van der Waals surface area contributed by atoms with Gasteiger partial charge in [-0.2, -0.15) is 0 Å². The quantitative estimate of drug-likeness (QED) is 0.800. The molecular formula is C14H11N3OS2. The van der Waals surface area contributed by atoms with Gasteiger partial charge in [-0.15, -0.1) is 21.5 Å². The molecule has 20 heavy (non-hydrogen) atoms. The van der Waals surface area contributed by atoms with Crippen LogP contribution in [0.4, 0.5) is 5.13 Å². The van der Waals surface area contributed by atoms with Crippen LogP contribution >= 0.6 is 22.7 Å². The molecule has 6 heteroatoms. The van der Waals surface area contributed by atoms with Crippen LogP contribution in [0.5, 0.6) is 0 Å². The summed E-state index contributed by atoms with van der Waals surface area (Å²) in [5.74, 6) is -0.144. The van der Waals surface area contributed by atoms with Crippen LogP contribution in [0.3, 0.4) is 0 Å². The summed E-state index contributed by atoms with van der Waals surface area (Å²) >= 11 is 2.79. The number of nitrogens with one attached hydrogen (secondary N) is 1. The van der Waals surface area contributed by atoms with Crippen molar-refractivity contribution in [2.75, 3.05) is 5.32 Å². The number of aromatic nitrogens is 2. The van der Waals surface area contributed by atoms with E-state index in [1.54, 1.807) is 0 Å². The Bertz CT molecular complexity index is 734. The highest BCUT2D eigenvalue weighted by atomic mass is 32.1. The van der Waals surface area contributed by atoms with E-state index in [9.17, 15) is 4.79 Å². The molecule has 4 nitrogen and oxygen atoms in total. The monoisotopic (exact) mass is 301 g/mol. The average Bonchev–Trinajstić information content (AvgIpc) is 3.09. The van der Waals surface area contributed by atoms with E-state index in [0.29, 0.717) is 10.0 Å². The van der Waals surface area contributed by atoms with Gasteiger partial charge in [0, 0.05) is 5.56 Å². The lowest BCUT2D eigenvalue weighted by Crippen LogP contribution is -2.11. The highest BCUT2D eigenvalue weighted by Crippen LogP contribution is 2.29. The summed E-state index contributed by atoms with van der Waals surface area (Å²) in [5.41, 5.74) is 1.97. The van der Waals surface area contributed by atoms with E-state index in [1.807, 2.05) is 48.7 Å². The minimum atomic E-state index is -0.144. The van der Waals surface area contributed by atoms with E-state index in [2.05, 4.69) is 15.5 Å². The van der Waals surface area contributed by atoms with Crippen LogP contribution < -0.4 is 5.32 Å². The summed E-state index contributed by atoms with van der Waals surface area (Å²) < 4.78 is 0. The second kappa shape index (κ2) is 5.52. The molecule has 0 aliphatic heterocycles. The molecule has 3 aromatic rings. The van der Waals surface area contributed by atoms with Crippen LogP contribution in [-0.4, -0.2) is 16.1 Å². The Morgan fingerprint density at radius 2 is 1.95 bits per heavy atom. The zero-order valence-electron chi connectivity index (χ0n) is 10.7. The number of benzene rings is 1. The van der Waals surface area contributed by atoms with E-state index >= 15 is 0 Å². The molecule has 2 aromatic heterocycles.